The fourth-order valence-electron chi connectivity index (χ4n) is 1.21. The summed E-state index contributed by atoms with van der Waals surface area (Å²) >= 11 is 5.75. The second kappa shape index (κ2) is 7.09. The topological polar surface area (TPSA) is 61.6 Å². The highest BCUT2D eigenvalue weighted by atomic mass is 35.5. The van der Waals surface area contributed by atoms with Gasteiger partial charge in [-0.25, -0.2) is 0 Å². The van der Waals surface area contributed by atoms with Gasteiger partial charge < -0.3 is 9.47 Å². The number of benzene rings is 1. The molecule has 0 aliphatic heterocycles. The third-order valence-electron chi connectivity index (χ3n) is 1.95. The standard InChI is InChI=1S/C11H14ClNO4/c1-2-5-16-6-7-17-11-8-9(12)3-4-10(11)13(14)15/h3-4,8H,2,5-7H2,1H3. The molecular weight excluding hydrogens is 246 g/mol. The summed E-state index contributed by atoms with van der Waals surface area (Å²) in [7, 11) is 0. The van der Waals surface area contributed by atoms with Crippen LogP contribution in [0.15, 0.2) is 18.2 Å². The molecule has 6 heteroatoms. The maximum absolute atomic E-state index is 10.7. The van der Waals surface area contributed by atoms with Crippen molar-refractivity contribution < 1.29 is 14.4 Å². The molecule has 1 rings (SSSR count). The molecule has 0 bridgehead atoms. The fraction of sp³-hybridized carbons (Fsp3) is 0.455. The molecule has 0 saturated carbocycles. The Bertz CT molecular complexity index is 384. The number of hydrogen-bond acceptors (Lipinski definition) is 4. The van der Waals surface area contributed by atoms with E-state index in [9.17, 15) is 10.1 Å². The van der Waals surface area contributed by atoms with E-state index in [2.05, 4.69) is 0 Å². The first-order valence-electron chi connectivity index (χ1n) is 5.29. The minimum absolute atomic E-state index is 0.0927. The number of ether oxygens (including phenoxy) is 2. The van der Waals surface area contributed by atoms with Crippen molar-refractivity contribution in [2.24, 2.45) is 0 Å². The van der Waals surface area contributed by atoms with Crippen LogP contribution in [0.4, 0.5) is 5.69 Å². The van der Waals surface area contributed by atoms with Crippen LogP contribution in [0.25, 0.3) is 0 Å². The predicted octanol–water partition coefficient (Wildman–Crippen LogP) is 3.05. The minimum Gasteiger partial charge on any atom is -0.484 e. The van der Waals surface area contributed by atoms with Gasteiger partial charge in [0.1, 0.15) is 6.61 Å². The van der Waals surface area contributed by atoms with Gasteiger partial charge in [-0.3, -0.25) is 10.1 Å². The summed E-state index contributed by atoms with van der Waals surface area (Å²) in [6.45, 7) is 3.32. The Morgan fingerprint density at radius 3 is 2.76 bits per heavy atom. The first-order valence-corrected chi connectivity index (χ1v) is 5.67. The van der Waals surface area contributed by atoms with Crippen molar-refractivity contribution in [2.45, 2.75) is 13.3 Å². The monoisotopic (exact) mass is 259 g/mol. The highest BCUT2D eigenvalue weighted by molar-refractivity contribution is 6.30. The third kappa shape index (κ3) is 4.58. The molecule has 1 aromatic carbocycles. The number of hydrogen-bond donors (Lipinski definition) is 0. The first kappa shape index (κ1) is 13.7. The van der Waals surface area contributed by atoms with Crippen molar-refractivity contribution >= 4 is 17.3 Å². The van der Waals surface area contributed by atoms with Gasteiger partial charge in [-0.05, 0) is 12.5 Å². The van der Waals surface area contributed by atoms with Crippen LogP contribution in [0, 0.1) is 10.1 Å². The van der Waals surface area contributed by atoms with E-state index < -0.39 is 4.92 Å². The Morgan fingerprint density at radius 2 is 2.12 bits per heavy atom. The summed E-state index contributed by atoms with van der Waals surface area (Å²) in [5.41, 5.74) is -0.0927. The molecule has 0 amide bonds. The number of rotatable bonds is 7. The third-order valence-corrected chi connectivity index (χ3v) is 2.19. The largest absolute Gasteiger partial charge is 0.484 e. The SMILES string of the molecule is CCCOCCOc1cc(Cl)ccc1[N+](=O)[O-]. The van der Waals surface area contributed by atoms with Crippen molar-refractivity contribution in [1.82, 2.24) is 0 Å². The van der Waals surface area contributed by atoms with E-state index in [1.54, 1.807) is 0 Å². The molecule has 0 heterocycles. The molecule has 0 aromatic heterocycles. The molecule has 0 radical (unpaired) electrons. The zero-order chi connectivity index (χ0) is 12.7. The Hall–Kier alpha value is -1.33. The lowest BCUT2D eigenvalue weighted by molar-refractivity contribution is -0.385. The molecule has 0 aliphatic carbocycles. The van der Waals surface area contributed by atoms with Crippen LogP contribution in [0.5, 0.6) is 5.75 Å². The second-order valence-corrected chi connectivity index (χ2v) is 3.77. The summed E-state index contributed by atoms with van der Waals surface area (Å²) in [6.07, 6.45) is 0.928. The van der Waals surface area contributed by atoms with Crippen LogP contribution in [-0.4, -0.2) is 24.7 Å². The average Bonchev–Trinajstić information content (AvgIpc) is 2.28. The molecule has 1 aromatic rings. The normalized spacial score (nSPS) is 10.2. The van der Waals surface area contributed by atoms with E-state index in [1.807, 2.05) is 6.92 Å². The van der Waals surface area contributed by atoms with E-state index in [4.69, 9.17) is 21.1 Å². The van der Waals surface area contributed by atoms with Gasteiger partial charge in [-0.1, -0.05) is 18.5 Å². The Labute approximate surface area is 104 Å². The van der Waals surface area contributed by atoms with Crippen molar-refractivity contribution in [3.05, 3.63) is 33.3 Å². The lowest BCUT2D eigenvalue weighted by atomic mass is 10.3. The van der Waals surface area contributed by atoms with E-state index in [1.165, 1.54) is 18.2 Å². The van der Waals surface area contributed by atoms with Crippen LogP contribution in [0.1, 0.15) is 13.3 Å². The van der Waals surface area contributed by atoms with E-state index >= 15 is 0 Å². The molecule has 94 valence electrons. The summed E-state index contributed by atoms with van der Waals surface area (Å²) in [4.78, 5) is 10.2. The first-order chi connectivity index (χ1) is 8.15. The highest BCUT2D eigenvalue weighted by Crippen LogP contribution is 2.29. The molecule has 5 nitrogen and oxygen atoms in total. The number of nitro groups is 1. The van der Waals surface area contributed by atoms with Crippen molar-refractivity contribution in [1.29, 1.82) is 0 Å². The molecule has 17 heavy (non-hydrogen) atoms. The Morgan fingerprint density at radius 1 is 1.35 bits per heavy atom. The van der Waals surface area contributed by atoms with Gasteiger partial charge in [0.05, 0.1) is 11.5 Å². The number of nitro benzene ring substituents is 1. The average molecular weight is 260 g/mol. The van der Waals surface area contributed by atoms with Gasteiger partial charge in [0.25, 0.3) is 0 Å². The smallest absolute Gasteiger partial charge is 0.311 e. The summed E-state index contributed by atoms with van der Waals surface area (Å²) < 4.78 is 10.5. The maximum Gasteiger partial charge on any atom is 0.311 e. The fourth-order valence-corrected chi connectivity index (χ4v) is 1.37. The van der Waals surface area contributed by atoms with Crippen molar-refractivity contribution in [3.8, 4) is 5.75 Å². The molecule has 0 unspecified atom stereocenters. The van der Waals surface area contributed by atoms with Crippen LogP contribution in [-0.2, 0) is 4.74 Å². The maximum atomic E-state index is 10.7. The van der Waals surface area contributed by atoms with Crippen LogP contribution >= 0.6 is 11.6 Å². The highest BCUT2D eigenvalue weighted by Gasteiger charge is 2.14. The Balaban J connectivity index is 2.56. The molecule has 0 spiro atoms. The van der Waals surface area contributed by atoms with Gasteiger partial charge >= 0.3 is 5.69 Å². The lowest BCUT2D eigenvalue weighted by Gasteiger charge is -2.07. The van der Waals surface area contributed by atoms with Gasteiger partial charge in [0.2, 0.25) is 0 Å². The van der Waals surface area contributed by atoms with Crippen LogP contribution in [0.2, 0.25) is 5.02 Å². The molecule has 0 saturated heterocycles. The molecule has 0 atom stereocenters. The van der Waals surface area contributed by atoms with E-state index in [0.717, 1.165) is 6.42 Å². The quantitative estimate of drug-likeness (QED) is 0.429. The van der Waals surface area contributed by atoms with Gasteiger partial charge in [0, 0.05) is 23.8 Å². The van der Waals surface area contributed by atoms with Gasteiger partial charge in [0.15, 0.2) is 5.75 Å². The van der Waals surface area contributed by atoms with E-state index in [-0.39, 0.29) is 18.0 Å². The zero-order valence-corrected chi connectivity index (χ0v) is 10.3. The predicted molar refractivity (Wildman–Crippen MR) is 64.7 cm³/mol. The van der Waals surface area contributed by atoms with Gasteiger partial charge in [-0.2, -0.15) is 0 Å². The summed E-state index contributed by atoms with van der Waals surface area (Å²) in [5.74, 6) is 0.169. The van der Waals surface area contributed by atoms with E-state index in [0.29, 0.717) is 18.2 Å². The summed E-state index contributed by atoms with van der Waals surface area (Å²) in [5, 5.41) is 11.1. The van der Waals surface area contributed by atoms with Crippen molar-refractivity contribution in [3.63, 3.8) is 0 Å². The Kier molecular flexibility index (Phi) is 5.72. The van der Waals surface area contributed by atoms with Crippen LogP contribution < -0.4 is 4.74 Å². The molecule has 0 N–H and O–H groups in total. The zero-order valence-electron chi connectivity index (χ0n) is 9.52. The molecule has 0 aliphatic rings. The second-order valence-electron chi connectivity index (χ2n) is 3.33. The molecule has 0 fully saturated rings. The number of nitrogens with zero attached hydrogens (tertiary/aromatic N) is 1. The minimum atomic E-state index is -0.501. The van der Waals surface area contributed by atoms with Crippen LogP contribution in [0.3, 0.4) is 0 Å². The van der Waals surface area contributed by atoms with Crippen molar-refractivity contribution in [2.75, 3.05) is 19.8 Å². The summed E-state index contributed by atoms with van der Waals surface area (Å²) in [6, 6.07) is 4.21. The lowest BCUT2D eigenvalue weighted by Crippen LogP contribution is -2.08. The van der Waals surface area contributed by atoms with Gasteiger partial charge in [-0.15, -0.1) is 0 Å². The number of halogens is 1. The molecular formula is C11H14ClNO4.